The number of carbonyl (C=O) groups is 2. The van der Waals surface area contributed by atoms with Crippen LogP contribution in [0.25, 0.3) is 0 Å². The average molecular weight is 331 g/mol. The maximum atomic E-state index is 12.7. The summed E-state index contributed by atoms with van der Waals surface area (Å²) in [5.41, 5.74) is 0.467. The summed E-state index contributed by atoms with van der Waals surface area (Å²) in [6, 6.07) is 3.99. The zero-order valence-corrected chi connectivity index (χ0v) is 14.3. The van der Waals surface area contributed by atoms with Gasteiger partial charge in [0.1, 0.15) is 5.69 Å². The Bertz CT molecular complexity index is 691. The lowest BCUT2D eigenvalue weighted by atomic mass is 10.1. The predicted octanol–water partition coefficient (Wildman–Crippen LogP) is 3.40. The van der Waals surface area contributed by atoms with Gasteiger partial charge >= 0.3 is 0 Å². The summed E-state index contributed by atoms with van der Waals surface area (Å²) >= 11 is 1.46. The van der Waals surface area contributed by atoms with Crippen molar-refractivity contribution in [2.24, 2.45) is 0 Å². The molecule has 1 atom stereocenters. The maximum Gasteiger partial charge on any atom is 0.274 e. The number of likely N-dealkylation sites (tertiary alicyclic amines) is 1. The highest BCUT2D eigenvalue weighted by molar-refractivity contribution is 7.12. The highest BCUT2D eigenvalue weighted by Gasteiger charge is 2.32. The Labute approximate surface area is 139 Å². The number of rotatable bonds is 5. The first-order chi connectivity index (χ1) is 11.1. The SMILES string of the molecule is CC(C)n1cnc(C(=O)N2CCC[C@H]2CC(=O)c2cccs2)c1. The number of imidazole rings is 1. The lowest BCUT2D eigenvalue weighted by Crippen LogP contribution is -2.37. The van der Waals surface area contributed by atoms with E-state index in [2.05, 4.69) is 4.98 Å². The molecule has 1 aliphatic rings. The quantitative estimate of drug-likeness (QED) is 0.789. The number of nitrogens with zero attached hydrogens (tertiary/aromatic N) is 3. The largest absolute Gasteiger partial charge is 0.334 e. The molecule has 2 aromatic heterocycles. The normalized spacial score (nSPS) is 17.9. The predicted molar refractivity (Wildman–Crippen MR) is 89.9 cm³/mol. The molecule has 0 aliphatic carbocycles. The fraction of sp³-hybridized carbons (Fsp3) is 0.471. The monoisotopic (exact) mass is 331 g/mol. The molecule has 23 heavy (non-hydrogen) atoms. The van der Waals surface area contributed by atoms with E-state index in [4.69, 9.17) is 0 Å². The van der Waals surface area contributed by atoms with Crippen molar-refractivity contribution in [3.63, 3.8) is 0 Å². The molecule has 0 radical (unpaired) electrons. The summed E-state index contributed by atoms with van der Waals surface area (Å²) < 4.78 is 1.93. The number of ketones is 1. The number of carbonyl (C=O) groups excluding carboxylic acids is 2. The third-order valence-electron chi connectivity index (χ3n) is 4.27. The molecular formula is C17H21N3O2S. The summed E-state index contributed by atoms with van der Waals surface area (Å²) in [4.78, 5) is 31.8. The zero-order chi connectivity index (χ0) is 16.4. The summed E-state index contributed by atoms with van der Waals surface area (Å²) in [5.74, 6) is 0.0586. The number of amides is 1. The van der Waals surface area contributed by atoms with E-state index in [-0.39, 0.29) is 23.8 Å². The van der Waals surface area contributed by atoms with Crippen molar-refractivity contribution in [2.75, 3.05) is 6.54 Å². The Morgan fingerprint density at radius 2 is 2.26 bits per heavy atom. The third-order valence-corrected chi connectivity index (χ3v) is 5.18. The number of Topliss-reactive ketones (excluding diaryl/α,β-unsaturated/α-hetero) is 1. The topological polar surface area (TPSA) is 55.2 Å². The Morgan fingerprint density at radius 3 is 2.91 bits per heavy atom. The van der Waals surface area contributed by atoms with Crippen molar-refractivity contribution in [1.29, 1.82) is 0 Å². The van der Waals surface area contributed by atoms with Crippen LogP contribution in [-0.2, 0) is 0 Å². The third kappa shape index (κ3) is 3.37. The fourth-order valence-corrected chi connectivity index (χ4v) is 3.62. The van der Waals surface area contributed by atoms with Crippen LogP contribution in [-0.4, -0.2) is 38.7 Å². The minimum atomic E-state index is -0.0640. The Morgan fingerprint density at radius 1 is 1.43 bits per heavy atom. The van der Waals surface area contributed by atoms with Crippen molar-refractivity contribution in [2.45, 2.75) is 45.2 Å². The molecule has 1 fully saturated rings. The van der Waals surface area contributed by atoms with Gasteiger partial charge in [0.2, 0.25) is 0 Å². The van der Waals surface area contributed by atoms with Gasteiger partial charge in [0, 0.05) is 31.2 Å². The van der Waals surface area contributed by atoms with E-state index < -0.39 is 0 Å². The highest BCUT2D eigenvalue weighted by Crippen LogP contribution is 2.25. The first-order valence-corrected chi connectivity index (χ1v) is 8.85. The van der Waals surface area contributed by atoms with E-state index >= 15 is 0 Å². The van der Waals surface area contributed by atoms with Crippen LogP contribution in [0.3, 0.4) is 0 Å². The molecule has 0 unspecified atom stereocenters. The minimum Gasteiger partial charge on any atom is -0.334 e. The van der Waals surface area contributed by atoms with Crippen LogP contribution < -0.4 is 0 Å². The van der Waals surface area contributed by atoms with Crippen molar-refractivity contribution in [1.82, 2.24) is 14.5 Å². The van der Waals surface area contributed by atoms with Gasteiger partial charge in [-0.05, 0) is 38.1 Å². The van der Waals surface area contributed by atoms with Gasteiger partial charge in [-0.15, -0.1) is 11.3 Å². The van der Waals surface area contributed by atoms with Crippen LogP contribution in [0.15, 0.2) is 30.0 Å². The molecule has 3 rings (SSSR count). The summed E-state index contributed by atoms with van der Waals surface area (Å²) in [6.07, 6.45) is 5.72. The maximum absolute atomic E-state index is 12.7. The number of hydrogen-bond donors (Lipinski definition) is 0. The first kappa shape index (κ1) is 15.9. The van der Waals surface area contributed by atoms with Crippen LogP contribution in [0.2, 0.25) is 0 Å². The molecule has 5 nitrogen and oxygen atoms in total. The molecular weight excluding hydrogens is 310 g/mol. The molecule has 6 heteroatoms. The second-order valence-electron chi connectivity index (χ2n) is 6.20. The minimum absolute atomic E-state index is 0.0127. The van der Waals surface area contributed by atoms with E-state index in [1.807, 2.05) is 40.8 Å². The summed E-state index contributed by atoms with van der Waals surface area (Å²) in [5, 5.41) is 1.91. The second-order valence-corrected chi connectivity index (χ2v) is 7.15. The molecule has 122 valence electrons. The molecule has 3 heterocycles. The number of aromatic nitrogens is 2. The van der Waals surface area contributed by atoms with Crippen LogP contribution in [0.5, 0.6) is 0 Å². The molecule has 1 amide bonds. The Kier molecular flexibility index (Phi) is 4.61. The Hall–Kier alpha value is -1.95. The highest BCUT2D eigenvalue weighted by atomic mass is 32.1. The lowest BCUT2D eigenvalue weighted by Gasteiger charge is -2.23. The van der Waals surface area contributed by atoms with E-state index in [9.17, 15) is 9.59 Å². The van der Waals surface area contributed by atoms with Gasteiger partial charge < -0.3 is 9.47 Å². The molecule has 0 spiro atoms. The molecule has 1 aliphatic heterocycles. The van der Waals surface area contributed by atoms with E-state index in [1.54, 1.807) is 12.5 Å². The van der Waals surface area contributed by atoms with Gasteiger partial charge in [0.15, 0.2) is 5.78 Å². The Balaban J connectivity index is 1.70. The van der Waals surface area contributed by atoms with E-state index in [1.165, 1.54) is 11.3 Å². The molecule has 0 aromatic carbocycles. The van der Waals surface area contributed by atoms with Crippen molar-refractivity contribution < 1.29 is 9.59 Å². The molecule has 0 saturated carbocycles. The van der Waals surface area contributed by atoms with Gasteiger partial charge in [-0.2, -0.15) is 0 Å². The summed E-state index contributed by atoms with van der Waals surface area (Å²) in [7, 11) is 0. The average Bonchev–Trinajstić information content (AvgIpc) is 3.27. The molecule has 1 saturated heterocycles. The fourth-order valence-electron chi connectivity index (χ4n) is 2.94. The van der Waals surface area contributed by atoms with E-state index in [0.717, 1.165) is 17.7 Å². The second kappa shape index (κ2) is 6.66. The van der Waals surface area contributed by atoms with Crippen LogP contribution in [0.4, 0.5) is 0 Å². The van der Waals surface area contributed by atoms with Crippen molar-refractivity contribution in [3.8, 4) is 0 Å². The first-order valence-electron chi connectivity index (χ1n) is 7.97. The van der Waals surface area contributed by atoms with E-state index in [0.29, 0.717) is 18.7 Å². The number of hydrogen-bond acceptors (Lipinski definition) is 4. The zero-order valence-electron chi connectivity index (χ0n) is 13.4. The van der Waals surface area contributed by atoms with Gasteiger partial charge in [-0.25, -0.2) is 4.98 Å². The standard InChI is InChI=1S/C17H21N3O2S/c1-12(2)19-10-14(18-11-19)17(22)20-7-3-5-13(20)9-15(21)16-6-4-8-23-16/h4,6,8,10-13H,3,5,7,9H2,1-2H3/t13-/m0/s1. The van der Waals surface area contributed by atoms with Crippen LogP contribution in [0, 0.1) is 0 Å². The van der Waals surface area contributed by atoms with Gasteiger partial charge in [-0.1, -0.05) is 6.07 Å². The van der Waals surface area contributed by atoms with Crippen LogP contribution in [0.1, 0.15) is 59.3 Å². The lowest BCUT2D eigenvalue weighted by molar-refractivity contribution is 0.0712. The summed E-state index contributed by atoms with van der Waals surface area (Å²) in [6.45, 7) is 4.80. The molecule has 0 bridgehead atoms. The number of thiophene rings is 1. The van der Waals surface area contributed by atoms with Gasteiger partial charge in [0.25, 0.3) is 5.91 Å². The van der Waals surface area contributed by atoms with Crippen molar-refractivity contribution in [3.05, 3.63) is 40.6 Å². The smallest absolute Gasteiger partial charge is 0.274 e. The van der Waals surface area contributed by atoms with Crippen molar-refractivity contribution >= 4 is 23.0 Å². The van der Waals surface area contributed by atoms with Crippen LogP contribution >= 0.6 is 11.3 Å². The van der Waals surface area contributed by atoms with Gasteiger partial charge in [0.05, 0.1) is 11.2 Å². The molecule has 2 aromatic rings. The molecule has 0 N–H and O–H groups in total. The van der Waals surface area contributed by atoms with Gasteiger partial charge in [-0.3, -0.25) is 9.59 Å².